The first-order valence-electron chi connectivity index (χ1n) is 11.0. The quantitative estimate of drug-likeness (QED) is 0.403. The number of halogens is 2. The Kier molecular flexibility index (Phi) is 11.0. The van der Waals surface area contributed by atoms with Crippen LogP contribution in [0, 0.1) is 26.7 Å². The number of carbonyl (C=O) groups excluding carboxylic acids is 1. The van der Waals surface area contributed by atoms with E-state index in [1.165, 1.54) is 5.56 Å². The Morgan fingerprint density at radius 3 is 2.15 bits per heavy atom. The van der Waals surface area contributed by atoms with Gasteiger partial charge in [-0.1, -0.05) is 55.3 Å². The fraction of sp³-hybridized carbons (Fsp3) is 0.333. The lowest BCUT2D eigenvalue weighted by Crippen LogP contribution is -2.16. The van der Waals surface area contributed by atoms with Crippen molar-refractivity contribution >= 4 is 30.7 Å². The standard InChI is InChI=1S/C27H33N3O2.2ClH/c1-16(2)12-24-22(14-28)26(20-9-6-17(3)7-10-20)23(19(5)30-24)15-32-25-11-8-18(4)13-21(25)27(29)31;;/h6-11,13,16H,12,14-15,28H2,1-5H3,(H2,29,31);2*1H. The molecule has 4 N–H and O–H groups in total. The number of benzene rings is 2. The number of hydrogen-bond donors (Lipinski definition) is 2. The Hall–Kier alpha value is -2.60. The molecule has 0 aliphatic carbocycles. The van der Waals surface area contributed by atoms with E-state index >= 15 is 0 Å². The van der Waals surface area contributed by atoms with Crippen LogP contribution in [0.2, 0.25) is 0 Å². The van der Waals surface area contributed by atoms with Crippen molar-refractivity contribution in [3.05, 3.63) is 81.7 Å². The molecule has 0 saturated heterocycles. The van der Waals surface area contributed by atoms with E-state index in [0.717, 1.165) is 45.6 Å². The summed E-state index contributed by atoms with van der Waals surface area (Å²) in [7, 11) is 0. The number of nitrogens with zero attached hydrogens (tertiary/aromatic N) is 1. The van der Waals surface area contributed by atoms with Crippen molar-refractivity contribution in [2.45, 2.75) is 54.2 Å². The maximum absolute atomic E-state index is 11.9. The summed E-state index contributed by atoms with van der Waals surface area (Å²) >= 11 is 0. The van der Waals surface area contributed by atoms with Crippen LogP contribution in [0.1, 0.15) is 57.8 Å². The Bertz CT molecular complexity index is 1130. The van der Waals surface area contributed by atoms with Gasteiger partial charge in [-0.25, -0.2) is 0 Å². The Labute approximate surface area is 215 Å². The van der Waals surface area contributed by atoms with E-state index in [1.54, 1.807) is 12.1 Å². The molecule has 1 amide bonds. The molecule has 1 aromatic heterocycles. The van der Waals surface area contributed by atoms with Crippen molar-refractivity contribution in [1.82, 2.24) is 4.98 Å². The molecule has 0 atom stereocenters. The molecule has 34 heavy (non-hydrogen) atoms. The lowest BCUT2D eigenvalue weighted by Gasteiger charge is -2.22. The Morgan fingerprint density at radius 1 is 0.971 bits per heavy atom. The number of ether oxygens (including phenoxy) is 1. The van der Waals surface area contributed by atoms with Crippen LogP contribution >= 0.6 is 24.8 Å². The zero-order valence-electron chi connectivity index (χ0n) is 20.5. The summed E-state index contributed by atoms with van der Waals surface area (Å²) in [6.07, 6.45) is 0.858. The van der Waals surface area contributed by atoms with E-state index in [1.807, 2.05) is 19.9 Å². The van der Waals surface area contributed by atoms with Gasteiger partial charge in [0.15, 0.2) is 0 Å². The molecular weight excluding hydrogens is 469 g/mol. The molecule has 0 radical (unpaired) electrons. The minimum Gasteiger partial charge on any atom is -0.488 e. The number of aromatic nitrogens is 1. The van der Waals surface area contributed by atoms with Gasteiger partial charge in [0.25, 0.3) is 5.91 Å². The molecule has 3 aromatic rings. The number of hydrogen-bond acceptors (Lipinski definition) is 4. The normalized spacial score (nSPS) is 10.4. The summed E-state index contributed by atoms with van der Waals surface area (Å²) < 4.78 is 6.15. The van der Waals surface area contributed by atoms with Gasteiger partial charge in [0, 0.05) is 23.5 Å². The number of rotatable bonds is 8. The summed E-state index contributed by atoms with van der Waals surface area (Å²) in [5.41, 5.74) is 20.5. The Morgan fingerprint density at radius 2 is 1.59 bits per heavy atom. The van der Waals surface area contributed by atoms with E-state index in [0.29, 0.717) is 23.8 Å². The average molecular weight is 505 g/mol. The summed E-state index contributed by atoms with van der Waals surface area (Å²) in [6, 6.07) is 13.9. The van der Waals surface area contributed by atoms with E-state index in [4.69, 9.17) is 21.2 Å². The molecule has 0 unspecified atom stereocenters. The molecule has 2 aromatic carbocycles. The maximum Gasteiger partial charge on any atom is 0.252 e. The summed E-state index contributed by atoms with van der Waals surface area (Å²) in [5.74, 6) is 0.427. The molecule has 0 spiro atoms. The maximum atomic E-state index is 11.9. The second-order valence-corrected chi connectivity index (χ2v) is 8.80. The van der Waals surface area contributed by atoms with Crippen LogP contribution in [0.3, 0.4) is 0 Å². The van der Waals surface area contributed by atoms with Gasteiger partial charge in [-0.3, -0.25) is 9.78 Å². The fourth-order valence-electron chi connectivity index (χ4n) is 3.98. The van der Waals surface area contributed by atoms with Crippen molar-refractivity contribution in [2.24, 2.45) is 17.4 Å². The van der Waals surface area contributed by atoms with Crippen molar-refractivity contribution in [2.75, 3.05) is 0 Å². The molecule has 0 fully saturated rings. The third-order valence-corrected chi connectivity index (χ3v) is 5.61. The van der Waals surface area contributed by atoms with E-state index < -0.39 is 5.91 Å². The molecule has 0 aliphatic rings. The molecule has 7 heteroatoms. The van der Waals surface area contributed by atoms with E-state index in [2.05, 4.69) is 45.0 Å². The summed E-state index contributed by atoms with van der Waals surface area (Å²) in [4.78, 5) is 16.9. The smallest absolute Gasteiger partial charge is 0.252 e. The highest BCUT2D eigenvalue weighted by atomic mass is 35.5. The van der Waals surface area contributed by atoms with Gasteiger partial charge in [-0.2, -0.15) is 0 Å². The monoisotopic (exact) mass is 503 g/mol. The largest absolute Gasteiger partial charge is 0.488 e. The van der Waals surface area contributed by atoms with Crippen LogP contribution in [0.5, 0.6) is 5.75 Å². The zero-order valence-corrected chi connectivity index (χ0v) is 22.1. The number of primary amides is 1. The number of nitrogens with two attached hydrogens (primary N) is 2. The first-order chi connectivity index (χ1) is 15.2. The van der Waals surface area contributed by atoms with Crippen molar-refractivity contribution in [1.29, 1.82) is 0 Å². The van der Waals surface area contributed by atoms with Crippen molar-refractivity contribution in [3.63, 3.8) is 0 Å². The molecule has 0 aliphatic heterocycles. The van der Waals surface area contributed by atoms with Gasteiger partial charge in [0.2, 0.25) is 0 Å². The van der Waals surface area contributed by atoms with Crippen LogP contribution in [-0.4, -0.2) is 10.9 Å². The highest BCUT2D eigenvalue weighted by molar-refractivity contribution is 5.95. The first kappa shape index (κ1) is 29.4. The number of carbonyl (C=O) groups is 1. The van der Waals surface area contributed by atoms with Crippen LogP contribution in [0.4, 0.5) is 0 Å². The Balaban J connectivity index is 0.00000289. The molecule has 0 bridgehead atoms. The van der Waals surface area contributed by atoms with Gasteiger partial charge in [-0.15, -0.1) is 24.8 Å². The lowest BCUT2D eigenvalue weighted by atomic mass is 9.90. The number of pyridine rings is 1. The average Bonchev–Trinajstić information content (AvgIpc) is 2.73. The topological polar surface area (TPSA) is 91.2 Å². The van der Waals surface area contributed by atoms with E-state index in [9.17, 15) is 4.79 Å². The van der Waals surface area contributed by atoms with Gasteiger partial charge in [-0.05, 0) is 61.9 Å². The third kappa shape index (κ3) is 6.72. The highest BCUT2D eigenvalue weighted by Crippen LogP contribution is 2.33. The molecule has 0 saturated carbocycles. The second kappa shape index (κ2) is 12.7. The molecule has 5 nitrogen and oxygen atoms in total. The van der Waals surface area contributed by atoms with Crippen LogP contribution in [-0.2, 0) is 19.6 Å². The van der Waals surface area contributed by atoms with Crippen molar-refractivity contribution < 1.29 is 9.53 Å². The van der Waals surface area contributed by atoms with Gasteiger partial charge in [0.05, 0.1) is 5.56 Å². The fourth-order valence-corrected chi connectivity index (χ4v) is 3.98. The van der Waals surface area contributed by atoms with Gasteiger partial charge < -0.3 is 16.2 Å². The highest BCUT2D eigenvalue weighted by Gasteiger charge is 2.20. The number of amides is 1. The molecular formula is C27H35Cl2N3O2. The van der Waals surface area contributed by atoms with Crippen LogP contribution in [0.25, 0.3) is 11.1 Å². The summed E-state index contributed by atoms with van der Waals surface area (Å²) in [5, 5.41) is 0. The van der Waals surface area contributed by atoms with Gasteiger partial charge in [0.1, 0.15) is 12.4 Å². The van der Waals surface area contributed by atoms with Crippen LogP contribution in [0.15, 0.2) is 42.5 Å². The summed E-state index contributed by atoms with van der Waals surface area (Å²) in [6.45, 7) is 11.0. The third-order valence-electron chi connectivity index (χ3n) is 5.61. The predicted molar refractivity (Wildman–Crippen MR) is 144 cm³/mol. The minimum absolute atomic E-state index is 0. The molecule has 3 rings (SSSR count). The zero-order chi connectivity index (χ0) is 23.4. The lowest BCUT2D eigenvalue weighted by molar-refractivity contribution is 0.0996. The van der Waals surface area contributed by atoms with Crippen molar-refractivity contribution in [3.8, 4) is 16.9 Å². The predicted octanol–water partition coefficient (Wildman–Crippen LogP) is 5.85. The number of aryl methyl sites for hydroxylation is 3. The van der Waals surface area contributed by atoms with Crippen LogP contribution < -0.4 is 16.2 Å². The molecule has 184 valence electrons. The second-order valence-electron chi connectivity index (χ2n) is 8.80. The molecule has 1 heterocycles. The SMILES string of the molecule is Cc1ccc(-c2c(COc3ccc(C)cc3C(N)=O)c(C)nc(CC(C)C)c2CN)cc1.Cl.Cl. The van der Waals surface area contributed by atoms with E-state index in [-0.39, 0.29) is 31.4 Å². The minimum atomic E-state index is -0.507. The van der Waals surface area contributed by atoms with Gasteiger partial charge >= 0.3 is 0 Å². The first-order valence-corrected chi connectivity index (χ1v) is 11.0.